The molecule has 1 amide bonds. The molecule has 0 unspecified atom stereocenters. The first-order chi connectivity index (χ1) is 24.6. The average Bonchev–Trinajstić information content (AvgIpc) is 3.80. The molecule has 4 fully saturated rings. The predicted octanol–water partition coefficient (Wildman–Crippen LogP) is 10.1. The highest BCUT2D eigenvalue weighted by molar-refractivity contribution is 6.33. The molecule has 6 nitrogen and oxygen atoms in total. The van der Waals surface area contributed by atoms with Gasteiger partial charge in [0.25, 0.3) is 0 Å². The minimum absolute atomic E-state index is 0.0274. The molecule has 10 rings (SSSR count). The lowest BCUT2D eigenvalue weighted by atomic mass is 9.32. The molecule has 8 atom stereocenters. The summed E-state index contributed by atoms with van der Waals surface area (Å²) in [6, 6.07) is 16.0. The van der Waals surface area contributed by atoms with E-state index in [4.69, 9.17) is 20.8 Å². The summed E-state index contributed by atoms with van der Waals surface area (Å²) < 4.78 is 53.5. The number of hydrogen-bond acceptors (Lipinski definition) is 5. The molecule has 3 saturated carbocycles. The van der Waals surface area contributed by atoms with E-state index in [1.54, 1.807) is 0 Å². The number of benzene rings is 2. The topological polar surface area (TPSA) is 80.0 Å². The van der Waals surface area contributed by atoms with Crippen molar-refractivity contribution in [2.24, 2.45) is 33.5 Å². The lowest BCUT2D eigenvalue weighted by molar-refractivity contribution is -0.164. The fourth-order valence-electron chi connectivity index (χ4n) is 11.9. The van der Waals surface area contributed by atoms with Crippen molar-refractivity contribution < 1.29 is 37.0 Å². The summed E-state index contributed by atoms with van der Waals surface area (Å²) in [4.78, 5) is 30.4. The van der Waals surface area contributed by atoms with E-state index in [1.165, 1.54) is 18.2 Å². The number of halogens is 4. The van der Waals surface area contributed by atoms with Crippen LogP contribution in [0.25, 0.3) is 11.3 Å². The summed E-state index contributed by atoms with van der Waals surface area (Å²) in [5.41, 5.74) is -1.80. The number of carbonyl (C=O) groups excluding carboxylic acids is 2. The van der Waals surface area contributed by atoms with E-state index in [9.17, 15) is 23.1 Å². The Kier molecular flexibility index (Phi) is 7.26. The first-order valence-corrected chi connectivity index (χ1v) is 18.7. The SMILES string of the molecule is C[C@]12CC[C@H]3[C@@]4(C=C[C@@]5(C=C4C(=O)c4ccc(-c6cc(C(F)(F)F)ccc6Cl)o4)C[C@@H](O)CC[C@]35C)[C@@H]1CC[C@@]21CN(Cc2ccccc2)C(=O)O1. The molecule has 1 aliphatic heterocycles. The van der Waals surface area contributed by atoms with E-state index in [0.717, 1.165) is 43.4 Å². The number of allylic oxidation sites excluding steroid dienone is 4. The zero-order chi connectivity index (χ0) is 36.5. The zero-order valence-corrected chi connectivity index (χ0v) is 29.9. The Morgan fingerprint density at radius 2 is 1.69 bits per heavy atom. The maximum Gasteiger partial charge on any atom is 0.416 e. The van der Waals surface area contributed by atoms with E-state index in [1.807, 2.05) is 35.2 Å². The number of nitrogens with zero attached hydrogens (tertiary/aromatic N) is 1. The lowest BCUT2D eigenvalue weighted by Gasteiger charge is -2.71. The maximum atomic E-state index is 15.0. The van der Waals surface area contributed by atoms with Gasteiger partial charge in [0.15, 0.2) is 5.76 Å². The number of ketones is 1. The molecule has 3 aromatic rings. The summed E-state index contributed by atoms with van der Waals surface area (Å²) in [6.07, 6.45) is 6.28. The number of Topliss-reactive ketones (excluding diaryl/α,β-unsaturated/α-hetero) is 1. The molecule has 3 spiro atoms. The van der Waals surface area contributed by atoms with Crippen LogP contribution in [0.3, 0.4) is 0 Å². The minimum atomic E-state index is -4.58. The molecule has 1 N–H and O–H groups in total. The van der Waals surface area contributed by atoms with Crippen molar-refractivity contribution in [2.75, 3.05) is 6.54 Å². The molecule has 1 saturated heterocycles. The van der Waals surface area contributed by atoms with Crippen LogP contribution in [0.5, 0.6) is 0 Å². The second kappa shape index (κ2) is 11.1. The van der Waals surface area contributed by atoms with Crippen molar-refractivity contribution in [2.45, 2.75) is 83.2 Å². The van der Waals surface area contributed by atoms with E-state index < -0.39 is 39.7 Å². The molecule has 7 aliphatic rings. The Balaban J connectivity index is 1.13. The molecule has 1 aromatic heterocycles. The molecule has 52 heavy (non-hydrogen) atoms. The van der Waals surface area contributed by atoms with Crippen molar-refractivity contribution in [3.05, 3.63) is 106 Å². The average molecular weight is 732 g/mol. The number of fused-ring (bicyclic) bond motifs is 2. The van der Waals surface area contributed by atoms with E-state index in [-0.39, 0.29) is 51.2 Å². The van der Waals surface area contributed by atoms with Gasteiger partial charge in [-0.05, 0) is 98.1 Å². The standard InChI is InChI=1S/C42H41ClF3NO5/c1-37-15-12-27(48)21-39(37)18-19-41(29(22-39)35(49)32-11-10-31(51-32)28-20-26(42(44,45)46)8-9-30(28)43)33(37)13-16-38(2)34(41)14-17-40(38)24-47(36(50)52-40)23-25-6-4-3-5-7-25/h3-11,18-20,22,27,33-34,48H,12-17,21,23-24H2,1-2H3/t27-,33+,34+,37+,38-,39-,40+,41-/m0/s1. The molecule has 2 heterocycles. The third-order valence-electron chi connectivity index (χ3n) is 14.5. The molecular formula is C42H41ClF3NO5. The summed E-state index contributed by atoms with van der Waals surface area (Å²) in [7, 11) is 0. The minimum Gasteiger partial charge on any atom is -0.453 e. The van der Waals surface area contributed by atoms with Crippen LogP contribution < -0.4 is 0 Å². The number of aliphatic hydroxyl groups is 1. The van der Waals surface area contributed by atoms with E-state index in [0.29, 0.717) is 37.9 Å². The number of ether oxygens (including phenoxy) is 1. The molecule has 2 bridgehead atoms. The van der Waals surface area contributed by atoms with Gasteiger partial charge in [0.2, 0.25) is 5.78 Å². The van der Waals surface area contributed by atoms with Gasteiger partial charge in [-0.1, -0.05) is 74.0 Å². The second-order valence-corrected chi connectivity index (χ2v) is 17.1. The molecule has 2 aromatic carbocycles. The Morgan fingerprint density at radius 1 is 0.962 bits per heavy atom. The van der Waals surface area contributed by atoms with Crippen LogP contribution in [0, 0.1) is 33.5 Å². The third-order valence-corrected chi connectivity index (χ3v) is 14.8. The molecule has 10 heteroatoms. The Bertz CT molecular complexity index is 2060. The summed E-state index contributed by atoms with van der Waals surface area (Å²) in [6.45, 7) is 5.50. The van der Waals surface area contributed by atoms with Gasteiger partial charge in [-0.25, -0.2) is 4.79 Å². The Hall–Kier alpha value is -3.82. The predicted molar refractivity (Wildman–Crippen MR) is 188 cm³/mol. The fourth-order valence-corrected chi connectivity index (χ4v) is 12.1. The van der Waals surface area contributed by atoms with Gasteiger partial charge in [0.05, 0.1) is 23.2 Å². The third kappa shape index (κ3) is 4.47. The van der Waals surface area contributed by atoms with Crippen LogP contribution >= 0.6 is 11.6 Å². The number of furan rings is 1. The van der Waals surface area contributed by atoms with Crippen LogP contribution in [0.2, 0.25) is 5.02 Å². The van der Waals surface area contributed by atoms with Crippen molar-refractivity contribution in [1.29, 1.82) is 0 Å². The van der Waals surface area contributed by atoms with Crippen LogP contribution in [0.1, 0.15) is 80.5 Å². The Morgan fingerprint density at radius 3 is 2.46 bits per heavy atom. The van der Waals surface area contributed by atoms with Gasteiger partial charge < -0.3 is 14.3 Å². The molecule has 272 valence electrons. The number of aliphatic hydroxyl groups excluding tert-OH is 1. The molecular weight excluding hydrogens is 691 g/mol. The van der Waals surface area contributed by atoms with Gasteiger partial charge in [-0.3, -0.25) is 9.69 Å². The number of hydrogen-bond donors (Lipinski definition) is 1. The van der Waals surface area contributed by atoms with Gasteiger partial charge in [0.1, 0.15) is 11.4 Å². The van der Waals surface area contributed by atoms with Gasteiger partial charge in [-0.2, -0.15) is 13.2 Å². The quantitative estimate of drug-likeness (QED) is 0.209. The highest BCUT2D eigenvalue weighted by atomic mass is 35.5. The van der Waals surface area contributed by atoms with Crippen molar-refractivity contribution in [1.82, 2.24) is 4.90 Å². The van der Waals surface area contributed by atoms with Crippen molar-refractivity contribution >= 4 is 23.5 Å². The monoisotopic (exact) mass is 731 g/mol. The first-order valence-electron chi connectivity index (χ1n) is 18.3. The van der Waals surface area contributed by atoms with Crippen LogP contribution in [-0.4, -0.2) is 40.1 Å². The van der Waals surface area contributed by atoms with Gasteiger partial charge in [0, 0.05) is 33.9 Å². The van der Waals surface area contributed by atoms with E-state index >= 15 is 4.79 Å². The summed E-state index contributed by atoms with van der Waals surface area (Å²) in [5, 5.41) is 11.1. The normalized spacial score (nSPS) is 37.4. The van der Waals surface area contributed by atoms with Crippen LogP contribution in [0.4, 0.5) is 18.0 Å². The van der Waals surface area contributed by atoms with Crippen molar-refractivity contribution in [3.63, 3.8) is 0 Å². The van der Waals surface area contributed by atoms with Crippen molar-refractivity contribution in [3.8, 4) is 11.3 Å². The largest absolute Gasteiger partial charge is 0.453 e. The van der Waals surface area contributed by atoms with E-state index in [2.05, 4.69) is 32.1 Å². The Labute approximate surface area is 305 Å². The molecule has 0 radical (unpaired) electrons. The van der Waals surface area contributed by atoms with Crippen LogP contribution in [0.15, 0.2) is 88.9 Å². The number of amides is 1. The summed E-state index contributed by atoms with van der Waals surface area (Å²) in [5.74, 6) is -0.168. The second-order valence-electron chi connectivity index (χ2n) is 16.7. The van der Waals surface area contributed by atoms with Gasteiger partial charge >= 0.3 is 12.3 Å². The highest BCUT2D eigenvalue weighted by Crippen LogP contribution is 2.79. The lowest BCUT2D eigenvalue weighted by Crippen LogP contribution is -2.67. The highest BCUT2D eigenvalue weighted by Gasteiger charge is 2.76. The fraction of sp³-hybridized carbons (Fsp3) is 0.476. The maximum absolute atomic E-state index is 15.0. The molecule has 6 aliphatic carbocycles. The number of carbonyl (C=O) groups is 2. The number of rotatable bonds is 5. The van der Waals surface area contributed by atoms with Crippen LogP contribution in [-0.2, 0) is 17.5 Å². The first kappa shape index (κ1) is 34.0. The number of alkyl halides is 3. The smallest absolute Gasteiger partial charge is 0.416 e. The van der Waals surface area contributed by atoms with Gasteiger partial charge in [-0.15, -0.1) is 0 Å². The summed E-state index contributed by atoms with van der Waals surface area (Å²) >= 11 is 6.37. The zero-order valence-electron chi connectivity index (χ0n) is 29.1.